The first-order chi connectivity index (χ1) is 9.62. The number of carbonyl (C=O) groups excluding carboxylic acids is 2. The van der Waals surface area contributed by atoms with Crippen LogP contribution in [0.15, 0.2) is 18.2 Å². The van der Waals surface area contributed by atoms with E-state index in [0.717, 1.165) is 0 Å². The molecule has 0 aromatic heterocycles. The molecule has 0 heterocycles. The fraction of sp³-hybridized carbons (Fsp3) is 0.467. The predicted molar refractivity (Wildman–Crippen MR) is 74.4 cm³/mol. The van der Waals surface area contributed by atoms with Crippen molar-refractivity contribution in [1.29, 1.82) is 0 Å². The lowest BCUT2D eigenvalue weighted by molar-refractivity contribution is -0.140. The van der Waals surface area contributed by atoms with Crippen molar-refractivity contribution in [2.45, 2.75) is 26.2 Å². The molecule has 5 heteroatoms. The van der Waals surface area contributed by atoms with Crippen LogP contribution in [0.1, 0.15) is 36.5 Å². The van der Waals surface area contributed by atoms with E-state index < -0.39 is 0 Å². The van der Waals surface area contributed by atoms with Gasteiger partial charge in [-0.25, -0.2) is 0 Å². The fourth-order valence-electron chi connectivity index (χ4n) is 1.76. The second-order valence-corrected chi connectivity index (χ2v) is 4.15. The molecule has 0 bridgehead atoms. The van der Waals surface area contributed by atoms with E-state index in [1.165, 1.54) is 14.2 Å². The molecule has 0 aliphatic rings. The van der Waals surface area contributed by atoms with E-state index in [9.17, 15) is 9.59 Å². The van der Waals surface area contributed by atoms with Gasteiger partial charge in [-0.2, -0.15) is 0 Å². The summed E-state index contributed by atoms with van der Waals surface area (Å²) in [6.45, 7) is 2.41. The van der Waals surface area contributed by atoms with Crippen LogP contribution in [0, 0.1) is 0 Å². The Morgan fingerprint density at radius 3 is 2.45 bits per heavy atom. The predicted octanol–water partition coefficient (Wildman–Crippen LogP) is 2.62. The molecule has 0 aliphatic heterocycles. The average Bonchev–Trinajstić information content (AvgIpc) is 2.47. The highest BCUT2D eigenvalue weighted by atomic mass is 16.5. The number of esters is 1. The highest BCUT2D eigenvalue weighted by Gasteiger charge is 2.11. The van der Waals surface area contributed by atoms with Gasteiger partial charge in [0.15, 0.2) is 17.3 Å². The third-order valence-electron chi connectivity index (χ3n) is 2.80. The summed E-state index contributed by atoms with van der Waals surface area (Å²) < 4.78 is 15.1. The molecule has 0 N–H and O–H groups in total. The zero-order valence-electron chi connectivity index (χ0n) is 12.1. The highest BCUT2D eigenvalue weighted by Crippen LogP contribution is 2.28. The lowest BCUT2D eigenvalue weighted by Crippen LogP contribution is -2.04. The van der Waals surface area contributed by atoms with Gasteiger partial charge >= 0.3 is 5.97 Å². The molecular weight excluding hydrogens is 260 g/mol. The lowest BCUT2D eigenvalue weighted by Gasteiger charge is -2.10. The van der Waals surface area contributed by atoms with Crippen molar-refractivity contribution in [1.82, 2.24) is 0 Å². The van der Waals surface area contributed by atoms with Gasteiger partial charge in [0.2, 0.25) is 0 Å². The maximum absolute atomic E-state index is 12.0. The maximum atomic E-state index is 12.0. The van der Waals surface area contributed by atoms with Crippen molar-refractivity contribution in [2.75, 3.05) is 20.8 Å². The molecule has 1 aromatic rings. The average molecular weight is 280 g/mol. The number of benzene rings is 1. The molecule has 0 aliphatic carbocycles. The van der Waals surface area contributed by atoms with Crippen molar-refractivity contribution < 1.29 is 23.8 Å². The van der Waals surface area contributed by atoms with Crippen LogP contribution in [0.4, 0.5) is 0 Å². The molecule has 0 fully saturated rings. The van der Waals surface area contributed by atoms with Gasteiger partial charge in [0.1, 0.15) is 0 Å². The molecule has 110 valence electrons. The SMILES string of the molecule is CCOc1ccc(C(=O)CCCC(=O)OC)cc1OC. The Balaban J connectivity index is 2.66. The lowest BCUT2D eigenvalue weighted by atomic mass is 10.0. The monoisotopic (exact) mass is 280 g/mol. The summed E-state index contributed by atoms with van der Waals surface area (Å²) in [7, 11) is 2.87. The topological polar surface area (TPSA) is 61.8 Å². The van der Waals surface area contributed by atoms with Gasteiger partial charge in [0.05, 0.1) is 20.8 Å². The maximum Gasteiger partial charge on any atom is 0.305 e. The number of carbonyl (C=O) groups is 2. The van der Waals surface area contributed by atoms with E-state index in [1.54, 1.807) is 18.2 Å². The van der Waals surface area contributed by atoms with Gasteiger partial charge in [-0.1, -0.05) is 0 Å². The highest BCUT2D eigenvalue weighted by molar-refractivity contribution is 5.96. The van der Waals surface area contributed by atoms with Gasteiger partial charge in [-0.3, -0.25) is 9.59 Å². The van der Waals surface area contributed by atoms with Crippen molar-refractivity contribution in [3.8, 4) is 11.5 Å². The molecule has 0 atom stereocenters. The number of ketones is 1. The molecule has 1 aromatic carbocycles. The molecule has 0 radical (unpaired) electrons. The van der Waals surface area contributed by atoms with Gasteiger partial charge in [-0.15, -0.1) is 0 Å². The van der Waals surface area contributed by atoms with Gasteiger partial charge < -0.3 is 14.2 Å². The first-order valence-electron chi connectivity index (χ1n) is 6.53. The second kappa shape index (κ2) is 8.19. The van der Waals surface area contributed by atoms with Crippen LogP contribution in [-0.2, 0) is 9.53 Å². The van der Waals surface area contributed by atoms with Crippen LogP contribution in [0.25, 0.3) is 0 Å². The minimum absolute atomic E-state index is 0.0322. The number of rotatable bonds is 8. The van der Waals surface area contributed by atoms with Gasteiger partial charge in [-0.05, 0) is 31.5 Å². The molecule has 0 spiro atoms. The Morgan fingerprint density at radius 1 is 1.10 bits per heavy atom. The zero-order chi connectivity index (χ0) is 15.0. The number of Topliss-reactive ketones (excluding diaryl/α,β-unsaturated/α-hetero) is 1. The third-order valence-corrected chi connectivity index (χ3v) is 2.80. The van der Waals surface area contributed by atoms with Crippen LogP contribution in [0.5, 0.6) is 11.5 Å². The number of hydrogen-bond acceptors (Lipinski definition) is 5. The van der Waals surface area contributed by atoms with Gasteiger partial charge in [0.25, 0.3) is 0 Å². The van der Waals surface area contributed by atoms with Crippen molar-refractivity contribution >= 4 is 11.8 Å². The fourth-order valence-corrected chi connectivity index (χ4v) is 1.76. The zero-order valence-corrected chi connectivity index (χ0v) is 12.1. The molecule has 20 heavy (non-hydrogen) atoms. The minimum Gasteiger partial charge on any atom is -0.493 e. The summed E-state index contributed by atoms with van der Waals surface area (Å²) in [6.07, 6.45) is 1.02. The van der Waals surface area contributed by atoms with E-state index in [1.807, 2.05) is 6.92 Å². The van der Waals surface area contributed by atoms with Crippen LogP contribution in [0.3, 0.4) is 0 Å². The largest absolute Gasteiger partial charge is 0.493 e. The Kier molecular flexibility index (Phi) is 6.56. The molecule has 0 unspecified atom stereocenters. The van der Waals surface area contributed by atoms with E-state index in [-0.39, 0.29) is 18.2 Å². The van der Waals surface area contributed by atoms with E-state index >= 15 is 0 Å². The summed E-state index contributed by atoms with van der Waals surface area (Å²) in [4.78, 5) is 23.0. The Labute approximate surface area is 118 Å². The van der Waals surface area contributed by atoms with Crippen molar-refractivity contribution in [2.24, 2.45) is 0 Å². The first-order valence-corrected chi connectivity index (χ1v) is 6.53. The Bertz CT molecular complexity index is 467. The van der Waals surface area contributed by atoms with Crippen LogP contribution in [-0.4, -0.2) is 32.6 Å². The molecule has 5 nitrogen and oxygen atoms in total. The van der Waals surface area contributed by atoms with Crippen LogP contribution >= 0.6 is 0 Å². The Hall–Kier alpha value is -2.04. The quantitative estimate of drug-likeness (QED) is 0.541. The smallest absolute Gasteiger partial charge is 0.305 e. The standard InChI is InChI=1S/C15H20O5/c1-4-20-13-9-8-11(10-14(13)18-2)12(16)6-5-7-15(17)19-3/h8-10H,4-7H2,1-3H3. The summed E-state index contributed by atoms with van der Waals surface area (Å²) in [5, 5.41) is 0. The summed E-state index contributed by atoms with van der Waals surface area (Å²) in [5.41, 5.74) is 0.551. The van der Waals surface area contributed by atoms with Crippen molar-refractivity contribution in [3.05, 3.63) is 23.8 Å². The minimum atomic E-state index is -0.304. The first kappa shape index (κ1) is 16.0. The summed E-state index contributed by atoms with van der Waals surface area (Å²) in [6, 6.07) is 5.08. The summed E-state index contributed by atoms with van der Waals surface area (Å²) in [5.74, 6) is 0.809. The number of hydrogen-bond donors (Lipinski definition) is 0. The second-order valence-electron chi connectivity index (χ2n) is 4.15. The van der Waals surface area contributed by atoms with Gasteiger partial charge in [0, 0.05) is 18.4 Å². The number of methoxy groups -OCH3 is 2. The Morgan fingerprint density at radius 2 is 1.85 bits per heavy atom. The molecule has 0 amide bonds. The van der Waals surface area contributed by atoms with Crippen molar-refractivity contribution in [3.63, 3.8) is 0 Å². The normalized spacial score (nSPS) is 9.95. The molecule has 0 saturated heterocycles. The van der Waals surface area contributed by atoms with E-state index in [4.69, 9.17) is 9.47 Å². The van der Waals surface area contributed by atoms with E-state index in [0.29, 0.717) is 36.5 Å². The number of ether oxygens (including phenoxy) is 3. The summed E-state index contributed by atoms with van der Waals surface area (Å²) >= 11 is 0. The van der Waals surface area contributed by atoms with Crippen LogP contribution in [0.2, 0.25) is 0 Å². The molecule has 1 rings (SSSR count). The van der Waals surface area contributed by atoms with Crippen LogP contribution < -0.4 is 9.47 Å². The third kappa shape index (κ3) is 4.57. The van der Waals surface area contributed by atoms with E-state index in [2.05, 4.69) is 4.74 Å². The molecular formula is C15H20O5. The molecule has 0 saturated carbocycles.